The van der Waals surface area contributed by atoms with E-state index < -0.39 is 6.09 Å². The van der Waals surface area contributed by atoms with Crippen LogP contribution in [0.4, 0.5) is 4.79 Å². The Hall–Kier alpha value is -0.570. The topological polar surface area (TPSA) is 63.9 Å². The molecule has 1 N–H and O–H groups in total. The first kappa shape index (κ1) is 3.43. The van der Waals surface area contributed by atoms with Crippen molar-refractivity contribution in [3.63, 3.8) is 0 Å². The van der Waals surface area contributed by atoms with Gasteiger partial charge in [-0.15, -0.1) is 0 Å². The highest BCUT2D eigenvalue weighted by atomic mass is 16.4. The predicted molar refractivity (Wildman–Crippen MR) is 6.36 cm³/mol. The van der Waals surface area contributed by atoms with Crippen molar-refractivity contribution in [1.82, 2.24) is 0 Å². The van der Waals surface area contributed by atoms with Gasteiger partial charge in [0.2, 0.25) is 0 Å². The van der Waals surface area contributed by atoms with E-state index in [0.717, 1.165) is 0 Å². The molecule has 0 aromatic heterocycles. The van der Waals surface area contributed by atoms with Crippen molar-refractivity contribution in [3.05, 3.63) is 0 Å². The van der Waals surface area contributed by atoms with E-state index in [4.69, 9.17) is 15.6 Å². The molecule has 0 aliphatic carbocycles. The van der Waals surface area contributed by atoms with Crippen molar-refractivity contribution >= 4 is 6.09 Å². The Bertz CT molecular complexity index is 29.0. The molecule has 0 saturated carbocycles. The van der Waals surface area contributed by atoms with E-state index in [0.29, 0.717) is 0 Å². The number of amides is 1. The monoisotopic (exact) mass is 59.0 g/mol. The van der Waals surface area contributed by atoms with Crippen LogP contribution >= 0.6 is 0 Å². The number of nitrogens with one attached hydrogen (secondary N) is 1. The molecule has 0 aromatic carbocycles. The third-order valence-electron chi connectivity index (χ3n) is 0. The van der Waals surface area contributed by atoms with Gasteiger partial charge in [0.1, 0.15) is 5.73 Å². The van der Waals surface area contributed by atoms with Crippen molar-refractivity contribution in [2.45, 2.75) is 0 Å². The van der Waals surface area contributed by atoms with E-state index in [9.17, 15) is 0 Å². The van der Waals surface area contributed by atoms with Gasteiger partial charge in [0, 0.05) is 0 Å². The average Bonchev–Trinajstić information content (AvgIpc) is 0.811. The molecule has 0 heterocycles. The van der Waals surface area contributed by atoms with Gasteiger partial charge in [0.05, 0.1) is 0 Å². The second kappa shape index (κ2) is 0.842. The molecule has 0 aromatic rings. The summed E-state index contributed by atoms with van der Waals surface area (Å²) in [5, 5.41) is 8.56. The quantitative estimate of drug-likeness (QED) is 0.301. The molecule has 0 aliphatic heterocycles. The maximum absolute atomic E-state index is 8.56. The Morgan fingerprint density at radius 2 is 2.00 bits per heavy atom. The molecule has 0 spiro atoms. The lowest BCUT2D eigenvalue weighted by atomic mass is 11.3. The number of hydrogen-bond donors (Lipinski definition) is 0. The predicted octanol–water partition coefficient (Wildman–Crippen LogP) is -2.86. The lowest BCUT2D eigenvalue weighted by molar-refractivity contribution is -0.415. The number of rotatable bonds is 0. The Morgan fingerprint density at radius 1 is 2.00 bits per heavy atom. The largest absolute Gasteiger partial charge is 0.490 e. The summed E-state index contributed by atoms with van der Waals surface area (Å²) in [4.78, 5) is 8.56. The average molecular weight is 59.0 g/mol. The smallest absolute Gasteiger partial charge is 0.371 e. The highest BCUT2D eigenvalue weighted by molar-refractivity contribution is 5.47. The molecule has 0 saturated heterocycles. The van der Waals surface area contributed by atoms with Gasteiger partial charge in [-0.1, -0.05) is 0 Å². The van der Waals surface area contributed by atoms with Gasteiger partial charge in [-0.25, -0.2) is 0 Å². The zero-order valence-corrected chi connectivity index (χ0v) is 1.82. The van der Waals surface area contributed by atoms with Crippen LogP contribution in [0.1, 0.15) is 0 Å². The minimum atomic E-state index is -1.83. The highest BCUT2D eigenvalue weighted by Crippen LogP contribution is 1.17. The van der Waals surface area contributed by atoms with E-state index in [1.54, 1.807) is 0 Å². The minimum Gasteiger partial charge on any atom is -0.490 e. The summed E-state index contributed by atoms with van der Waals surface area (Å²) in [6.45, 7) is 0. The van der Waals surface area contributed by atoms with Gasteiger partial charge >= 0.3 is 6.09 Å². The van der Waals surface area contributed by atoms with Crippen molar-refractivity contribution in [1.29, 1.82) is 0 Å². The van der Waals surface area contributed by atoms with Crippen LogP contribution in [0.25, 0.3) is 0 Å². The SMILES string of the molecule is [NH+]C(=O)[O-]. The van der Waals surface area contributed by atoms with Crippen LogP contribution in [0, 0.1) is 0 Å². The molecule has 0 atom stereocenters. The Labute approximate surface area is 23.0 Å². The van der Waals surface area contributed by atoms with E-state index >= 15 is 0 Å². The molecule has 2 radical (unpaired) electrons. The van der Waals surface area contributed by atoms with Crippen LogP contribution in [0.15, 0.2) is 0 Å². The fourth-order valence-electron chi connectivity index (χ4n) is 0. The molecule has 0 bridgehead atoms. The van der Waals surface area contributed by atoms with Gasteiger partial charge in [0.15, 0.2) is 0 Å². The third-order valence-corrected chi connectivity index (χ3v) is 0. The fourth-order valence-corrected chi connectivity index (χ4v) is 0. The first-order valence-corrected chi connectivity index (χ1v) is 0.658. The Morgan fingerprint density at radius 3 is 2.00 bits per heavy atom. The van der Waals surface area contributed by atoms with Gasteiger partial charge < -0.3 is 9.90 Å². The molecule has 1 amide bonds. The summed E-state index contributed by atoms with van der Waals surface area (Å²) in [6.07, 6.45) is -1.83. The summed E-state index contributed by atoms with van der Waals surface area (Å²) in [5.41, 5.74) is 5.39. The summed E-state index contributed by atoms with van der Waals surface area (Å²) in [7, 11) is 0. The van der Waals surface area contributed by atoms with Gasteiger partial charge in [-0.2, -0.15) is 0 Å². The van der Waals surface area contributed by atoms with Crippen LogP contribution in [-0.2, 0) is 0 Å². The second-order valence-electron chi connectivity index (χ2n) is 0.287. The zero-order valence-electron chi connectivity index (χ0n) is 1.82. The molecule has 3 nitrogen and oxygen atoms in total. The zero-order chi connectivity index (χ0) is 3.58. The first-order chi connectivity index (χ1) is 1.73. The molecule has 0 rings (SSSR count). The van der Waals surface area contributed by atoms with Crippen molar-refractivity contribution in [2.24, 2.45) is 0 Å². The van der Waals surface area contributed by atoms with Crippen molar-refractivity contribution in [2.75, 3.05) is 0 Å². The molecule has 0 fully saturated rings. The number of carbonyl (C=O) groups is 1. The number of carboxylic acid groups (broad SMARTS) is 1. The summed E-state index contributed by atoms with van der Waals surface area (Å²) in [6, 6.07) is 0. The summed E-state index contributed by atoms with van der Waals surface area (Å²) >= 11 is 0. The maximum atomic E-state index is 8.56. The molecular formula is CHNO2. The van der Waals surface area contributed by atoms with Crippen LogP contribution < -0.4 is 10.8 Å². The second-order valence-corrected chi connectivity index (χ2v) is 0.287. The van der Waals surface area contributed by atoms with Gasteiger partial charge in [-0.05, 0) is 0 Å². The van der Waals surface area contributed by atoms with Gasteiger partial charge in [-0.3, -0.25) is 0 Å². The summed E-state index contributed by atoms with van der Waals surface area (Å²) in [5.74, 6) is 0. The third kappa shape index (κ3) is 0.814. The molecular weight excluding hydrogens is 58.0 g/mol. The summed E-state index contributed by atoms with van der Waals surface area (Å²) < 4.78 is 0. The molecule has 4 heavy (non-hydrogen) atoms. The van der Waals surface area contributed by atoms with Crippen LogP contribution in [0.2, 0.25) is 0 Å². The van der Waals surface area contributed by atoms with Crippen LogP contribution in [-0.4, -0.2) is 6.09 Å². The van der Waals surface area contributed by atoms with Crippen molar-refractivity contribution < 1.29 is 15.6 Å². The molecule has 22 valence electrons. The van der Waals surface area contributed by atoms with E-state index in [2.05, 4.69) is 0 Å². The Kier molecular flexibility index (Phi) is 0.722. The lowest BCUT2D eigenvalue weighted by Gasteiger charge is -1.59. The normalized spacial score (nSPS) is 6.25. The van der Waals surface area contributed by atoms with Crippen molar-refractivity contribution in [3.8, 4) is 0 Å². The van der Waals surface area contributed by atoms with Crippen LogP contribution in [0.3, 0.4) is 0 Å². The van der Waals surface area contributed by atoms with E-state index in [1.165, 1.54) is 0 Å². The Balaban J connectivity index is 2.80. The molecule has 3 heteroatoms. The van der Waals surface area contributed by atoms with Crippen LogP contribution in [0.5, 0.6) is 0 Å². The first-order valence-electron chi connectivity index (χ1n) is 0.658. The number of carbonyl (C=O) groups excluding carboxylic acids is 1. The fraction of sp³-hybridized carbons (Fsp3) is 0. The molecule has 0 unspecified atom stereocenters. The maximum Gasteiger partial charge on any atom is 0.371 e. The van der Waals surface area contributed by atoms with Gasteiger partial charge in [0.25, 0.3) is 0 Å². The standard InChI is InChI=1S/CH2NO2/c2-1(3)4/h2H,(H,3,4)/q+1/p-1. The van der Waals surface area contributed by atoms with E-state index in [-0.39, 0.29) is 0 Å². The minimum absolute atomic E-state index is 1.83. The lowest BCUT2D eigenvalue weighted by Crippen LogP contribution is -2.64. The number of hydrogen-bond acceptors (Lipinski definition) is 2. The molecule has 0 aliphatic rings. The van der Waals surface area contributed by atoms with E-state index in [1.807, 2.05) is 0 Å². The highest BCUT2D eigenvalue weighted by Gasteiger charge is 1.69.